The van der Waals surface area contributed by atoms with E-state index < -0.39 is 0 Å². The van der Waals surface area contributed by atoms with Crippen LogP contribution in [0.1, 0.15) is 60.4 Å². The maximum atomic E-state index is 5.28. The second kappa shape index (κ2) is 13.7. The van der Waals surface area contributed by atoms with Gasteiger partial charge in [0, 0.05) is 22.9 Å². The lowest BCUT2D eigenvalue weighted by atomic mass is 9.86. The van der Waals surface area contributed by atoms with E-state index in [2.05, 4.69) is 103 Å². The topological polar surface area (TPSA) is 38.7 Å². The Balaban J connectivity index is 1.45. The molecule has 3 nitrogen and oxygen atoms in total. The molecule has 0 N–H and O–H groups in total. The Kier molecular flexibility index (Phi) is 8.73. The van der Waals surface area contributed by atoms with Crippen molar-refractivity contribution in [1.82, 2.24) is 15.0 Å². The van der Waals surface area contributed by atoms with Gasteiger partial charge in [-0.05, 0) is 102 Å². The molecule has 0 radical (unpaired) electrons. The Hall–Kier alpha value is -5.41. The smallest absolute Gasteiger partial charge is 0.160 e. The molecule has 2 heterocycles. The minimum absolute atomic E-state index is 0.664. The zero-order valence-corrected chi connectivity index (χ0v) is 26.1. The number of fused-ring (bicyclic) bond motifs is 3. The molecular formula is C43H37N3. The lowest BCUT2D eigenvalue weighted by Gasteiger charge is -2.21. The van der Waals surface area contributed by atoms with E-state index in [0.717, 1.165) is 66.7 Å². The summed E-state index contributed by atoms with van der Waals surface area (Å²) < 4.78 is 0. The molecule has 0 spiro atoms. The van der Waals surface area contributed by atoms with Gasteiger partial charge in [-0.15, -0.1) is 0 Å². The van der Waals surface area contributed by atoms with Crippen LogP contribution in [0.3, 0.4) is 0 Å². The molecule has 0 aliphatic heterocycles. The largest absolute Gasteiger partial charge is 0.257 e. The first kappa shape index (κ1) is 29.3. The molecule has 0 bridgehead atoms. The van der Waals surface area contributed by atoms with Gasteiger partial charge in [-0.25, -0.2) is 9.97 Å². The number of allylic oxidation sites excluding steroid dienone is 15. The molecule has 3 heteroatoms. The van der Waals surface area contributed by atoms with Gasteiger partial charge in [0.15, 0.2) is 5.82 Å². The fraction of sp³-hybridized carbons (Fsp3) is 0.140. The van der Waals surface area contributed by atoms with Crippen LogP contribution in [0.25, 0.3) is 45.3 Å². The van der Waals surface area contributed by atoms with Crippen molar-refractivity contribution < 1.29 is 0 Å². The highest BCUT2D eigenvalue weighted by Crippen LogP contribution is 2.39. The quantitative estimate of drug-likeness (QED) is 0.208. The molecule has 0 saturated carbocycles. The van der Waals surface area contributed by atoms with Crippen LogP contribution in [0, 0.1) is 0 Å². The summed E-state index contributed by atoms with van der Waals surface area (Å²) in [5.74, 6) is 0.664. The molecule has 224 valence electrons. The van der Waals surface area contributed by atoms with Crippen LogP contribution in [0.2, 0.25) is 0 Å². The van der Waals surface area contributed by atoms with Crippen molar-refractivity contribution in [2.45, 2.75) is 38.5 Å². The molecule has 0 amide bonds. The van der Waals surface area contributed by atoms with Gasteiger partial charge in [0.2, 0.25) is 0 Å². The standard InChI is InChI=1S/C43H37N3/c1-2-31(20-16-22-34-21-14-15-28-44-34)43-45-41(39-27-7-5-3-4-6-17-32-18-8-10-23-35(32)39)30-42(46-43)40-29-33-19-9-11-24-36(33)37-25-12-13-26-38(37)40/h2-6,8,11-16,18,20-22,24-30H,1,7,9-10,17,19,23H2/b5-3-,6-4-,22-16+,31-20+,39-27+. The van der Waals surface area contributed by atoms with Gasteiger partial charge in [0.1, 0.15) is 0 Å². The number of benzene rings is 2. The molecule has 3 aliphatic carbocycles. The minimum Gasteiger partial charge on any atom is -0.257 e. The van der Waals surface area contributed by atoms with E-state index in [0.29, 0.717) is 5.82 Å². The van der Waals surface area contributed by atoms with Gasteiger partial charge in [0.05, 0.1) is 17.1 Å². The summed E-state index contributed by atoms with van der Waals surface area (Å²) in [6, 6.07) is 19.2. The molecule has 2 aromatic carbocycles. The van der Waals surface area contributed by atoms with E-state index >= 15 is 0 Å². The highest BCUT2D eigenvalue weighted by Gasteiger charge is 2.20. The van der Waals surface area contributed by atoms with Gasteiger partial charge in [-0.1, -0.05) is 110 Å². The molecular weight excluding hydrogens is 558 g/mol. The fourth-order valence-electron chi connectivity index (χ4n) is 6.53. The summed E-state index contributed by atoms with van der Waals surface area (Å²) in [5, 5.41) is 2.47. The fourth-order valence-corrected chi connectivity index (χ4v) is 6.53. The molecule has 7 rings (SSSR count). The van der Waals surface area contributed by atoms with Crippen LogP contribution in [-0.4, -0.2) is 15.0 Å². The van der Waals surface area contributed by atoms with Crippen LogP contribution in [0.4, 0.5) is 0 Å². The zero-order valence-electron chi connectivity index (χ0n) is 26.1. The molecule has 0 fully saturated rings. The number of pyridine rings is 1. The van der Waals surface area contributed by atoms with Crippen molar-refractivity contribution in [3.63, 3.8) is 0 Å². The Morgan fingerprint density at radius 1 is 0.804 bits per heavy atom. The summed E-state index contributed by atoms with van der Waals surface area (Å²) in [7, 11) is 0. The first-order chi connectivity index (χ1) is 22.8. The zero-order chi connectivity index (χ0) is 31.1. The molecule has 4 aromatic rings. The van der Waals surface area contributed by atoms with Crippen molar-refractivity contribution in [2.24, 2.45) is 0 Å². The molecule has 0 atom stereocenters. The second-order valence-corrected chi connectivity index (χ2v) is 11.7. The predicted octanol–water partition coefficient (Wildman–Crippen LogP) is 10.9. The van der Waals surface area contributed by atoms with E-state index in [1.807, 2.05) is 42.5 Å². The van der Waals surface area contributed by atoms with Crippen LogP contribution >= 0.6 is 0 Å². The third-order valence-electron chi connectivity index (χ3n) is 8.80. The summed E-state index contributed by atoms with van der Waals surface area (Å²) >= 11 is 0. The first-order valence-corrected chi connectivity index (χ1v) is 16.2. The van der Waals surface area contributed by atoms with E-state index in [-0.39, 0.29) is 0 Å². The van der Waals surface area contributed by atoms with Crippen molar-refractivity contribution in [3.8, 4) is 11.3 Å². The van der Waals surface area contributed by atoms with E-state index in [1.165, 1.54) is 38.6 Å². The van der Waals surface area contributed by atoms with Crippen molar-refractivity contribution in [2.75, 3.05) is 0 Å². The number of hydrogen-bond donors (Lipinski definition) is 0. The summed E-state index contributed by atoms with van der Waals surface area (Å²) in [5.41, 5.74) is 11.4. The van der Waals surface area contributed by atoms with E-state index in [1.54, 1.807) is 6.20 Å². The van der Waals surface area contributed by atoms with Crippen LogP contribution in [0.15, 0.2) is 145 Å². The van der Waals surface area contributed by atoms with Crippen molar-refractivity contribution in [1.29, 1.82) is 0 Å². The molecule has 2 aromatic heterocycles. The first-order valence-electron chi connectivity index (χ1n) is 16.2. The van der Waals surface area contributed by atoms with E-state index in [9.17, 15) is 0 Å². The van der Waals surface area contributed by atoms with Gasteiger partial charge < -0.3 is 0 Å². The second-order valence-electron chi connectivity index (χ2n) is 11.7. The molecule has 3 aliphatic rings. The maximum Gasteiger partial charge on any atom is 0.160 e. The lowest BCUT2D eigenvalue weighted by molar-refractivity contribution is 0.953. The van der Waals surface area contributed by atoms with Crippen molar-refractivity contribution in [3.05, 3.63) is 174 Å². The minimum atomic E-state index is 0.664. The normalized spacial score (nSPS) is 19.0. The van der Waals surface area contributed by atoms with Crippen LogP contribution in [0.5, 0.6) is 0 Å². The highest BCUT2D eigenvalue weighted by molar-refractivity contribution is 6.02. The highest BCUT2D eigenvalue weighted by atomic mass is 14.9. The van der Waals surface area contributed by atoms with Crippen molar-refractivity contribution >= 4 is 34.1 Å². The number of aromatic nitrogens is 3. The number of nitrogens with zero attached hydrogens (tertiary/aromatic N) is 3. The average molecular weight is 596 g/mol. The third-order valence-corrected chi connectivity index (χ3v) is 8.80. The monoisotopic (exact) mass is 595 g/mol. The molecule has 0 saturated heterocycles. The van der Waals surface area contributed by atoms with Gasteiger partial charge in [0.25, 0.3) is 0 Å². The number of hydrogen-bond acceptors (Lipinski definition) is 3. The summed E-state index contributed by atoms with van der Waals surface area (Å²) in [4.78, 5) is 15.0. The van der Waals surface area contributed by atoms with Gasteiger partial charge >= 0.3 is 0 Å². The van der Waals surface area contributed by atoms with Gasteiger partial charge in [-0.3, -0.25) is 4.98 Å². The summed E-state index contributed by atoms with van der Waals surface area (Å²) in [6.45, 7) is 4.18. The number of aryl methyl sites for hydroxylation is 1. The Morgan fingerprint density at radius 3 is 2.52 bits per heavy atom. The SMILES string of the molecule is C=C/C(=C\C=C\c1ccccn1)c1nc(/C2=C/C/C=C\C=C/CC3=C2CCC=C3)cc(-c2cc3c(c4ccccc24)C=CCC3)n1. The average Bonchev–Trinajstić information content (AvgIpc) is 3.12. The van der Waals surface area contributed by atoms with E-state index in [4.69, 9.17) is 9.97 Å². The Morgan fingerprint density at radius 2 is 1.63 bits per heavy atom. The number of rotatable bonds is 6. The van der Waals surface area contributed by atoms with Crippen LogP contribution < -0.4 is 0 Å². The maximum absolute atomic E-state index is 5.28. The summed E-state index contributed by atoms with van der Waals surface area (Å²) in [6.07, 6.45) is 35.8. The predicted molar refractivity (Wildman–Crippen MR) is 195 cm³/mol. The van der Waals surface area contributed by atoms with Crippen LogP contribution in [-0.2, 0) is 6.42 Å². The molecule has 46 heavy (non-hydrogen) atoms. The Labute approximate surface area is 271 Å². The lowest BCUT2D eigenvalue weighted by Crippen LogP contribution is -2.05. The third kappa shape index (κ3) is 6.23. The van der Waals surface area contributed by atoms with Gasteiger partial charge in [-0.2, -0.15) is 0 Å². The Bertz CT molecular complexity index is 2040. The molecule has 0 unspecified atom stereocenters.